The van der Waals surface area contributed by atoms with Gasteiger partial charge in [-0.15, -0.1) is 0 Å². The molecular weight excluding hydrogens is 348 g/mol. The van der Waals surface area contributed by atoms with E-state index >= 15 is 0 Å². The van der Waals surface area contributed by atoms with Crippen LogP contribution in [0.3, 0.4) is 0 Å². The number of benzene rings is 1. The molecule has 0 radical (unpaired) electrons. The highest BCUT2D eigenvalue weighted by Gasteiger charge is 2.12. The zero-order valence-electron chi connectivity index (χ0n) is 11.0. The van der Waals surface area contributed by atoms with E-state index in [0.29, 0.717) is 17.7 Å². The third kappa shape index (κ3) is 5.01. The first kappa shape index (κ1) is 16.8. The second-order valence-corrected chi connectivity index (χ2v) is 7.35. The smallest absolute Gasteiger partial charge is 0.173 e. The maximum atomic E-state index is 11.6. The van der Waals surface area contributed by atoms with Crippen molar-refractivity contribution >= 4 is 31.6 Å². The fraction of sp³-hybridized carbons (Fsp3) is 0.417. The van der Waals surface area contributed by atoms with Gasteiger partial charge >= 0.3 is 0 Å². The van der Waals surface area contributed by atoms with Gasteiger partial charge in [0.05, 0.1) is 17.1 Å². The number of nitrogens with two attached hydrogens (primary N) is 1. The lowest BCUT2D eigenvalue weighted by molar-refractivity contribution is 0.317. The molecule has 6 nitrogen and oxygen atoms in total. The molecule has 0 aliphatic carbocycles. The van der Waals surface area contributed by atoms with E-state index in [4.69, 9.17) is 15.7 Å². The molecule has 0 atom stereocenters. The fourth-order valence-electron chi connectivity index (χ4n) is 1.57. The molecule has 0 saturated heterocycles. The van der Waals surface area contributed by atoms with Crippen LogP contribution in [-0.2, 0) is 9.84 Å². The Morgan fingerprint density at radius 1 is 1.45 bits per heavy atom. The SMILES string of the molecule is CCCS(=O)(=O)CCOc1ccc(Br)cc1/C(N)=N/O. The fourth-order valence-corrected chi connectivity index (χ4v) is 3.10. The number of ether oxygens (including phenoxy) is 1. The van der Waals surface area contributed by atoms with Crippen LogP contribution in [0.25, 0.3) is 0 Å². The minimum atomic E-state index is -3.09. The van der Waals surface area contributed by atoms with Crippen LogP contribution in [0.15, 0.2) is 27.8 Å². The number of amidine groups is 1. The van der Waals surface area contributed by atoms with Gasteiger partial charge < -0.3 is 15.7 Å². The topological polar surface area (TPSA) is 102 Å². The van der Waals surface area contributed by atoms with Gasteiger partial charge in [0.1, 0.15) is 12.4 Å². The first-order chi connectivity index (χ1) is 9.39. The Bertz CT molecular complexity index is 587. The summed E-state index contributed by atoms with van der Waals surface area (Å²) in [6.45, 7) is 1.83. The summed E-state index contributed by atoms with van der Waals surface area (Å²) in [6, 6.07) is 4.98. The maximum Gasteiger partial charge on any atom is 0.173 e. The van der Waals surface area contributed by atoms with E-state index in [1.165, 1.54) is 0 Å². The Labute approximate surface area is 126 Å². The molecule has 0 saturated carbocycles. The van der Waals surface area contributed by atoms with Gasteiger partial charge in [0.2, 0.25) is 0 Å². The van der Waals surface area contributed by atoms with E-state index in [1.54, 1.807) is 18.2 Å². The second kappa shape index (κ2) is 7.49. The lowest BCUT2D eigenvalue weighted by atomic mass is 10.2. The van der Waals surface area contributed by atoms with E-state index in [9.17, 15) is 8.42 Å². The third-order valence-electron chi connectivity index (χ3n) is 2.49. The average Bonchev–Trinajstić information content (AvgIpc) is 2.39. The van der Waals surface area contributed by atoms with Crippen LogP contribution in [0.4, 0.5) is 0 Å². The number of hydrogen-bond donors (Lipinski definition) is 2. The van der Waals surface area contributed by atoms with Gasteiger partial charge in [0, 0.05) is 4.47 Å². The van der Waals surface area contributed by atoms with Crippen molar-refractivity contribution in [3.63, 3.8) is 0 Å². The van der Waals surface area contributed by atoms with Gasteiger partial charge in [-0.25, -0.2) is 8.42 Å². The van der Waals surface area contributed by atoms with Crippen molar-refractivity contribution in [2.75, 3.05) is 18.1 Å². The van der Waals surface area contributed by atoms with E-state index < -0.39 is 9.84 Å². The molecule has 1 rings (SSSR count). The summed E-state index contributed by atoms with van der Waals surface area (Å²) in [4.78, 5) is 0. The third-order valence-corrected chi connectivity index (χ3v) is 4.80. The molecule has 112 valence electrons. The molecule has 0 fully saturated rings. The first-order valence-electron chi connectivity index (χ1n) is 6.00. The van der Waals surface area contributed by atoms with Gasteiger partial charge in [-0.1, -0.05) is 28.0 Å². The highest BCUT2D eigenvalue weighted by Crippen LogP contribution is 2.23. The highest BCUT2D eigenvalue weighted by molar-refractivity contribution is 9.10. The maximum absolute atomic E-state index is 11.6. The van der Waals surface area contributed by atoms with Crippen molar-refractivity contribution in [1.82, 2.24) is 0 Å². The number of halogens is 1. The average molecular weight is 365 g/mol. The largest absolute Gasteiger partial charge is 0.492 e. The monoisotopic (exact) mass is 364 g/mol. The predicted molar refractivity (Wildman–Crippen MR) is 81.1 cm³/mol. The summed E-state index contributed by atoms with van der Waals surface area (Å²) in [5.74, 6) is 0.351. The zero-order valence-corrected chi connectivity index (χ0v) is 13.4. The van der Waals surface area contributed by atoms with Gasteiger partial charge in [0.15, 0.2) is 15.7 Å². The molecule has 0 bridgehead atoms. The van der Waals surface area contributed by atoms with Crippen molar-refractivity contribution in [2.45, 2.75) is 13.3 Å². The first-order valence-corrected chi connectivity index (χ1v) is 8.61. The van der Waals surface area contributed by atoms with Crippen molar-refractivity contribution in [1.29, 1.82) is 0 Å². The molecule has 8 heteroatoms. The van der Waals surface area contributed by atoms with Crippen molar-refractivity contribution in [3.8, 4) is 5.75 Å². The molecule has 0 unspecified atom stereocenters. The molecule has 0 aromatic heterocycles. The molecule has 0 amide bonds. The van der Waals surface area contributed by atoms with Gasteiger partial charge in [0.25, 0.3) is 0 Å². The van der Waals surface area contributed by atoms with Crippen LogP contribution in [0.2, 0.25) is 0 Å². The molecule has 0 heterocycles. The Balaban J connectivity index is 2.79. The number of rotatable bonds is 7. The Morgan fingerprint density at radius 2 is 2.15 bits per heavy atom. The lowest BCUT2D eigenvalue weighted by Gasteiger charge is -2.11. The number of nitrogens with zero attached hydrogens (tertiary/aromatic N) is 1. The van der Waals surface area contributed by atoms with Gasteiger partial charge in [-0.3, -0.25) is 0 Å². The molecule has 1 aromatic rings. The minimum absolute atomic E-state index is 0.0235. The molecular formula is C12H17BrN2O4S. The van der Waals surface area contributed by atoms with Crippen LogP contribution >= 0.6 is 15.9 Å². The molecule has 20 heavy (non-hydrogen) atoms. The van der Waals surface area contributed by atoms with Crippen molar-refractivity contribution < 1.29 is 18.4 Å². The van der Waals surface area contributed by atoms with Crippen molar-refractivity contribution in [2.24, 2.45) is 10.9 Å². The van der Waals surface area contributed by atoms with Gasteiger partial charge in [-0.2, -0.15) is 0 Å². The molecule has 0 spiro atoms. The van der Waals surface area contributed by atoms with E-state index in [-0.39, 0.29) is 23.9 Å². The van der Waals surface area contributed by atoms with Crippen LogP contribution in [0.1, 0.15) is 18.9 Å². The quantitative estimate of drug-likeness (QED) is 0.332. The van der Waals surface area contributed by atoms with Crippen molar-refractivity contribution in [3.05, 3.63) is 28.2 Å². The van der Waals surface area contributed by atoms with Gasteiger partial charge in [-0.05, 0) is 24.6 Å². The zero-order chi connectivity index (χ0) is 15.2. The van der Waals surface area contributed by atoms with Crippen LogP contribution in [-0.4, -0.2) is 37.6 Å². The van der Waals surface area contributed by atoms with E-state index in [1.807, 2.05) is 6.92 Å². The molecule has 1 aromatic carbocycles. The number of sulfone groups is 1. The second-order valence-electron chi connectivity index (χ2n) is 4.13. The van der Waals surface area contributed by atoms with Crippen LogP contribution in [0.5, 0.6) is 5.75 Å². The minimum Gasteiger partial charge on any atom is -0.492 e. The van der Waals surface area contributed by atoms with Crippen LogP contribution < -0.4 is 10.5 Å². The Kier molecular flexibility index (Phi) is 6.28. The van der Waals surface area contributed by atoms with E-state index in [0.717, 1.165) is 4.47 Å². The summed E-state index contributed by atoms with van der Waals surface area (Å²) in [5.41, 5.74) is 5.95. The summed E-state index contributed by atoms with van der Waals surface area (Å²) in [6.07, 6.45) is 0.579. The standard InChI is InChI=1S/C12H17BrN2O4S/c1-2-6-20(17,18)7-5-19-11-4-3-9(13)8-10(11)12(14)15-16/h3-4,8,16H,2,5-7H2,1H3,(H2,14,15). The summed E-state index contributed by atoms with van der Waals surface area (Å²) in [5, 5.41) is 11.6. The van der Waals surface area contributed by atoms with E-state index in [2.05, 4.69) is 21.1 Å². The Morgan fingerprint density at radius 3 is 2.75 bits per heavy atom. The Hall–Kier alpha value is -1.28. The lowest BCUT2D eigenvalue weighted by Crippen LogP contribution is -2.19. The summed E-state index contributed by atoms with van der Waals surface area (Å²) < 4.78 is 29.3. The normalized spacial score (nSPS) is 12.4. The molecule has 3 N–H and O–H groups in total. The summed E-state index contributed by atoms with van der Waals surface area (Å²) in [7, 11) is -3.09. The molecule has 0 aliphatic rings. The number of oxime groups is 1. The summed E-state index contributed by atoms with van der Waals surface area (Å²) >= 11 is 3.27. The number of hydrogen-bond acceptors (Lipinski definition) is 5. The highest BCUT2D eigenvalue weighted by atomic mass is 79.9. The molecule has 0 aliphatic heterocycles. The van der Waals surface area contributed by atoms with Crippen LogP contribution in [0, 0.1) is 0 Å². The predicted octanol–water partition coefficient (Wildman–Crippen LogP) is 1.75.